The van der Waals surface area contributed by atoms with E-state index in [1.165, 1.54) is 11.8 Å². The third-order valence-electron chi connectivity index (χ3n) is 4.37. The molecule has 7 heteroatoms. The average Bonchev–Trinajstić information content (AvgIpc) is 3.12. The summed E-state index contributed by atoms with van der Waals surface area (Å²) in [4.78, 5) is 15.1. The van der Waals surface area contributed by atoms with Crippen molar-refractivity contribution in [3.8, 4) is 0 Å². The molecule has 1 aromatic heterocycles. The molecule has 136 valence electrons. The van der Waals surface area contributed by atoms with E-state index in [1.54, 1.807) is 11.0 Å². The van der Waals surface area contributed by atoms with E-state index in [-0.39, 0.29) is 11.9 Å². The average molecular weight is 479 g/mol. The Morgan fingerprint density at radius 3 is 2.74 bits per heavy atom. The van der Waals surface area contributed by atoms with Gasteiger partial charge in [0.1, 0.15) is 15.7 Å². The Bertz CT molecular complexity index is 1090. The highest BCUT2D eigenvalue weighted by Crippen LogP contribution is 2.40. The maximum Gasteiger partial charge on any atom is 0.266 e. The Labute approximate surface area is 179 Å². The van der Waals surface area contributed by atoms with Gasteiger partial charge in [0.05, 0.1) is 16.0 Å². The van der Waals surface area contributed by atoms with Crippen molar-refractivity contribution in [3.63, 3.8) is 0 Å². The second-order valence-electron chi connectivity index (χ2n) is 6.06. The molecule has 4 rings (SSSR count). The summed E-state index contributed by atoms with van der Waals surface area (Å²) in [6.07, 6.45) is 1.67. The Hall–Kier alpha value is -1.60. The SMILES string of the molecule is CC(c1ccccc1)N1C(=O)C(=Cc2oc3ccc(Br)cc3c2Cl)SC1=S. The molecule has 1 aliphatic rings. The number of hydrogen-bond donors (Lipinski definition) is 0. The molecule has 3 aromatic rings. The van der Waals surface area contributed by atoms with Crippen LogP contribution in [0.15, 0.2) is 62.3 Å². The summed E-state index contributed by atoms with van der Waals surface area (Å²) in [6, 6.07) is 15.3. The topological polar surface area (TPSA) is 33.5 Å². The van der Waals surface area contributed by atoms with E-state index < -0.39 is 0 Å². The molecular formula is C20H13BrClNO2S2. The minimum atomic E-state index is -0.147. The van der Waals surface area contributed by atoms with Crippen LogP contribution in [0.3, 0.4) is 0 Å². The fraction of sp³-hybridized carbons (Fsp3) is 0.100. The largest absolute Gasteiger partial charge is 0.455 e. The van der Waals surface area contributed by atoms with Crippen molar-refractivity contribution in [2.24, 2.45) is 0 Å². The summed E-state index contributed by atoms with van der Waals surface area (Å²) in [5, 5.41) is 1.28. The second kappa shape index (κ2) is 7.43. The zero-order valence-electron chi connectivity index (χ0n) is 14.1. The van der Waals surface area contributed by atoms with Crippen LogP contribution in [0.25, 0.3) is 17.0 Å². The molecule has 2 heterocycles. The van der Waals surface area contributed by atoms with Gasteiger partial charge in [-0.2, -0.15) is 0 Å². The summed E-state index contributed by atoms with van der Waals surface area (Å²) in [5.74, 6) is 0.316. The van der Waals surface area contributed by atoms with Crippen LogP contribution in [0.5, 0.6) is 0 Å². The van der Waals surface area contributed by atoms with Crippen LogP contribution in [0.2, 0.25) is 5.02 Å². The van der Waals surface area contributed by atoms with Crippen LogP contribution in [0.4, 0.5) is 0 Å². The molecule has 1 aliphatic heterocycles. The molecular weight excluding hydrogens is 466 g/mol. The number of furan rings is 1. The van der Waals surface area contributed by atoms with Crippen molar-refractivity contribution in [2.45, 2.75) is 13.0 Å². The minimum absolute atomic E-state index is 0.140. The lowest BCUT2D eigenvalue weighted by Gasteiger charge is -2.23. The van der Waals surface area contributed by atoms with Crippen LogP contribution in [0, 0.1) is 0 Å². The van der Waals surface area contributed by atoms with Crippen molar-refractivity contribution >= 4 is 78.8 Å². The first kappa shape index (κ1) is 18.7. The maximum atomic E-state index is 13.0. The van der Waals surface area contributed by atoms with Crippen LogP contribution in [-0.2, 0) is 4.79 Å². The van der Waals surface area contributed by atoms with Gasteiger partial charge in [0.2, 0.25) is 0 Å². The second-order valence-corrected chi connectivity index (χ2v) is 9.03. The van der Waals surface area contributed by atoms with Crippen molar-refractivity contribution < 1.29 is 9.21 Å². The van der Waals surface area contributed by atoms with Gasteiger partial charge in [-0.05, 0) is 30.7 Å². The molecule has 0 aliphatic carbocycles. The first-order valence-electron chi connectivity index (χ1n) is 8.15. The number of carbonyl (C=O) groups is 1. The molecule has 0 radical (unpaired) electrons. The van der Waals surface area contributed by atoms with Crippen LogP contribution in [-0.4, -0.2) is 15.1 Å². The van der Waals surface area contributed by atoms with E-state index in [0.29, 0.717) is 25.6 Å². The number of fused-ring (bicyclic) bond motifs is 1. The number of nitrogens with zero attached hydrogens (tertiary/aromatic N) is 1. The molecule has 1 amide bonds. The quantitative estimate of drug-likeness (QED) is 0.306. The molecule has 0 saturated carbocycles. The highest BCUT2D eigenvalue weighted by atomic mass is 79.9. The highest BCUT2D eigenvalue weighted by Gasteiger charge is 2.36. The van der Waals surface area contributed by atoms with E-state index in [0.717, 1.165) is 15.4 Å². The van der Waals surface area contributed by atoms with Gasteiger partial charge in [-0.15, -0.1) is 0 Å². The molecule has 27 heavy (non-hydrogen) atoms. The van der Waals surface area contributed by atoms with Gasteiger partial charge < -0.3 is 4.42 Å². The van der Waals surface area contributed by atoms with Gasteiger partial charge >= 0.3 is 0 Å². The number of thioether (sulfide) groups is 1. The van der Waals surface area contributed by atoms with E-state index in [4.69, 9.17) is 28.2 Å². The number of thiocarbonyl (C=S) groups is 1. The normalized spacial score (nSPS) is 17.3. The summed E-state index contributed by atoms with van der Waals surface area (Å²) >= 11 is 16.6. The summed E-state index contributed by atoms with van der Waals surface area (Å²) in [7, 11) is 0. The Morgan fingerprint density at radius 1 is 1.26 bits per heavy atom. The maximum absolute atomic E-state index is 13.0. The molecule has 3 nitrogen and oxygen atoms in total. The first-order valence-corrected chi connectivity index (χ1v) is 10.5. The molecule has 0 bridgehead atoms. The smallest absolute Gasteiger partial charge is 0.266 e. The van der Waals surface area contributed by atoms with Crippen molar-refractivity contribution in [2.75, 3.05) is 0 Å². The highest BCUT2D eigenvalue weighted by molar-refractivity contribution is 9.10. The predicted molar refractivity (Wildman–Crippen MR) is 119 cm³/mol. The predicted octanol–water partition coefficient (Wildman–Crippen LogP) is 6.81. The molecule has 1 fully saturated rings. The van der Waals surface area contributed by atoms with Gasteiger partial charge in [-0.1, -0.05) is 81.8 Å². The standard InChI is InChI=1S/C20H13BrClNO2S2/c1-11(12-5-3-2-4-6-12)23-19(24)17(27-20(23)26)10-16-18(22)14-9-13(21)7-8-15(14)25-16/h2-11H,1H3. The number of amides is 1. The fourth-order valence-corrected chi connectivity index (χ4v) is 4.96. The van der Waals surface area contributed by atoms with Crippen molar-refractivity contribution in [1.29, 1.82) is 0 Å². The van der Waals surface area contributed by atoms with Crippen molar-refractivity contribution in [3.05, 3.63) is 74.3 Å². The van der Waals surface area contributed by atoms with E-state index in [9.17, 15) is 4.79 Å². The zero-order valence-corrected chi connectivity index (χ0v) is 18.1. The number of benzene rings is 2. The Morgan fingerprint density at radius 2 is 2.00 bits per heavy atom. The third kappa shape index (κ3) is 3.47. The monoisotopic (exact) mass is 477 g/mol. The molecule has 0 N–H and O–H groups in total. The van der Waals surface area contributed by atoms with E-state index in [2.05, 4.69) is 15.9 Å². The lowest BCUT2D eigenvalue weighted by molar-refractivity contribution is -0.123. The molecule has 1 atom stereocenters. The van der Waals surface area contributed by atoms with Gasteiger partial charge in [-0.3, -0.25) is 9.69 Å². The third-order valence-corrected chi connectivity index (χ3v) is 6.58. The zero-order chi connectivity index (χ0) is 19.1. The summed E-state index contributed by atoms with van der Waals surface area (Å²) in [5.41, 5.74) is 1.70. The first-order chi connectivity index (χ1) is 13.0. The Balaban J connectivity index is 1.69. The van der Waals surface area contributed by atoms with Crippen LogP contribution < -0.4 is 0 Å². The summed E-state index contributed by atoms with van der Waals surface area (Å²) in [6.45, 7) is 1.97. The number of rotatable bonds is 3. The van der Waals surface area contributed by atoms with Gasteiger partial charge in [0.15, 0.2) is 0 Å². The lowest BCUT2D eigenvalue weighted by atomic mass is 10.1. The molecule has 1 unspecified atom stereocenters. The summed E-state index contributed by atoms with van der Waals surface area (Å²) < 4.78 is 7.26. The Kier molecular flexibility index (Phi) is 5.16. The molecule has 1 saturated heterocycles. The van der Waals surface area contributed by atoms with Crippen LogP contribution in [0.1, 0.15) is 24.3 Å². The molecule has 2 aromatic carbocycles. The van der Waals surface area contributed by atoms with Gasteiger partial charge in [0.25, 0.3) is 5.91 Å². The number of halogens is 2. The van der Waals surface area contributed by atoms with E-state index in [1.807, 2.05) is 55.5 Å². The minimum Gasteiger partial charge on any atom is -0.455 e. The van der Waals surface area contributed by atoms with Crippen molar-refractivity contribution in [1.82, 2.24) is 4.90 Å². The van der Waals surface area contributed by atoms with Crippen LogP contribution >= 0.6 is 51.5 Å². The fourth-order valence-electron chi connectivity index (χ4n) is 2.96. The number of carbonyl (C=O) groups excluding carboxylic acids is 1. The lowest BCUT2D eigenvalue weighted by Crippen LogP contribution is -2.30. The van der Waals surface area contributed by atoms with Gasteiger partial charge in [-0.25, -0.2) is 0 Å². The van der Waals surface area contributed by atoms with Gasteiger partial charge in [0, 0.05) is 15.9 Å². The molecule has 0 spiro atoms. The van der Waals surface area contributed by atoms with E-state index >= 15 is 0 Å². The number of hydrogen-bond acceptors (Lipinski definition) is 4.